The van der Waals surface area contributed by atoms with E-state index in [4.69, 9.17) is 0 Å². The molecule has 1 N–H and O–H groups in total. The minimum atomic E-state index is 1.16. The molecule has 56 valence electrons. The van der Waals surface area contributed by atoms with E-state index in [1.54, 1.807) is 0 Å². The van der Waals surface area contributed by atoms with Crippen LogP contribution in [0.25, 0.3) is 0 Å². The first-order valence-electron chi connectivity index (χ1n) is 3.17. The Kier molecular flexibility index (Phi) is 10.1. The largest absolute Gasteiger partial charge is 0.316 e. The van der Waals surface area contributed by atoms with Crippen LogP contribution in [0.1, 0.15) is 6.42 Å². The Hall–Kier alpha value is 1.04. The zero-order valence-corrected chi connectivity index (χ0v) is 8.80. The predicted molar refractivity (Wildman–Crippen MR) is 54.8 cm³/mol. The van der Waals surface area contributed by atoms with Gasteiger partial charge in [0.2, 0.25) is 0 Å². The van der Waals surface area contributed by atoms with Crippen LogP contribution in [0.3, 0.4) is 0 Å². The maximum absolute atomic E-state index is 3.36. The second kappa shape index (κ2) is 9.04. The molecule has 0 aliphatic heterocycles. The zero-order chi connectivity index (χ0) is 6.95. The highest BCUT2D eigenvalue weighted by molar-refractivity contribution is 14.1. The predicted octanol–water partition coefficient (Wildman–Crippen LogP) is 1.76. The van der Waals surface area contributed by atoms with Crippen molar-refractivity contribution >= 4 is 34.4 Å². The monoisotopic (exact) mass is 259 g/mol. The van der Waals surface area contributed by atoms with Crippen LogP contribution in [-0.4, -0.2) is 29.5 Å². The lowest BCUT2D eigenvalue weighted by Gasteiger charge is -1.99. The first-order valence-corrected chi connectivity index (χ1v) is 6.09. The summed E-state index contributed by atoms with van der Waals surface area (Å²) < 4.78 is 1.27. The molecule has 3 heteroatoms. The van der Waals surface area contributed by atoms with Crippen molar-refractivity contribution in [3.63, 3.8) is 0 Å². The van der Waals surface area contributed by atoms with Crippen molar-refractivity contribution in [3.05, 3.63) is 0 Å². The fourth-order valence-corrected chi connectivity index (χ4v) is 1.22. The third kappa shape index (κ3) is 9.04. The van der Waals surface area contributed by atoms with Gasteiger partial charge in [-0.25, -0.2) is 0 Å². The van der Waals surface area contributed by atoms with Gasteiger partial charge < -0.3 is 5.32 Å². The summed E-state index contributed by atoms with van der Waals surface area (Å²) in [5.41, 5.74) is 0. The highest BCUT2D eigenvalue weighted by Gasteiger charge is 1.83. The summed E-state index contributed by atoms with van der Waals surface area (Å²) in [6, 6.07) is 0. The molecular weight excluding hydrogens is 245 g/mol. The highest BCUT2D eigenvalue weighted by Crippen LogP contribution is 1.88. The number of nitrogens with one attached hydrogen (secondary N) is 1. The number of halogens is 1. The molecule has 0 spiro atoms. The standard InChI is InChI=1S/C6H14INS/c1-9-6-5-8-4-2-3-7/h8H,2-6H2,1H3. The Morgan fingerprint density at radius 2 is 2.22 bits per heavy atom. The van der Waals surface area contributed by atoms with Crippen LogP contribution in [0.2, 0.25) is 0 Å². The molecule has 0 amide bonds. The third-order valence-electron chi connectivity index (χ3n) is 0.970. The van der Waals surface area contributed by atoms with Gasteiger partial charge in [-0.3, -0.25) is 0 Å². The van der Waals surface area contributed by atoms with Crippen LogP contribution < -0.4 is 5.32 Å². The molecule has 0 saturated carbocycles. The molecule has 0 aliphatic rings. The Bertz CT molecular complexity index is 46.3. The molecule has 0 aromatic carbocycles. The van der Waals surface area contributed by atoms with E-state index in [2.05, 4.69) is 34.2 Å². The first kappa shape index (κ1) is 10.0. The zero-order valence-electron chi connectivity index (χ0n) is 5.82. The second-order valence-corrected chi connectivity index (χ2v) is 3.85. The van der Waals surface area contributed by atoms with E-state index in [9.17, 15) is 0 Å². The summed E-state index contributed by atoms with van der Waals surface area (Å²) in [7, 11) is 0. The van der Waals surface area contributed by atoms with Crippen molar-refractivity contribution in [2.45, 2.75) is 6.42 Å². The van der Waals surface area contributed by atoms with Gasteiger partial charge >= 0.3 is 0 Å². The van der Waals surface area contributed by atoms with Crippen LogP contribution in [0, 0.1) is 0 Å². The van der Waals surface area contributed by atoms with Crippen molar-refractivity contribution < 1.29 is 0 Å². The van der Waals surface area contributed by atoms with Gasteiger partial charge in [-0.2, -0.15) is 11.8 Å². The molecule has 0 aromatic heterocycles. The molecule has 0 unspecified atom stereocenters. The van der Waals surface area contributed by atoms with E-state index in [1.807, 2.05) is 11.8 Å². The average molecular weight is 259 g/mol. The number of hydrogen-bond donors (Lipinski definition) is 1. The van der Waals surface area contributed by atoms with Crippen LogP contribution in [-0.2, 0) is 0 Å². The maximum Gasteiger partial charge on any atom is 0.00553 e. The normalized spacial score (nSPS) is 10.0. The summed E-state index contributed by atoms with van der Waals surface area (Å²) in [6.07, 6.45) is 3.44. The Labute approximate surface area is 75.5 Å². The quantitative estimate of drug-likeness (QED) is 0.443. The molecule has 0 fully saturated rings. The SMILES string of the molecule is CSCCNCCCI. The van der Waals surface area contributed by atoms with Gasteiger partial charge in [-0.15, -0.1) is 0 Å². The number of hydrogen-bond acceptors (Lipinski definition) is 2. The molecule has 0 aliphatic carbocycles. The summed E-state index contributed by atoms with van der Waals surface area (Å²) in [6.45, 7) is 2.35. The summed E-state index contributed by atoms with van der Waals surface area (Å²) >= 11 is 4.30. The number of alkyl halides is 1. The van der Waals surface area contributed by atoms with E-state index in [1.165, 1.54) is 23.1 Å². The van der Waals surface area contributed by atoms with Crippen molar-refractivity contribution in [1.82, 2.24) is 5.32 Å². The molecule has 1 nitrogen and oxygen atoms in total. The lowest BCUT2D eigenvalue weighted by atomic mass is 10.5. The van der Waals surface area contributed by atoms with E-state index >= 15 is 0 Å². The second-order valence-electron chi connectivity index (χ2n) is 1.79. The van der Waals surface area contributed by atoms with E-state index in [0.29, 0.717) is 0 Å². The van der Waals surface area contributed by atoms with Crippen LogP contribution in [0.5, 0.6) is 0 Å². The third-order valence-corrected chi connectivity index (χ3v) is 2.35. The number of rotatable bonds is 6. The van der Waals surface area contributed by atoms with E-state index < -0.39 is 0 Å². The molecule has 9 heavy (non-hydrogen) atoms. The molecule has 0 heterocycles. The fourth-order valence-electron chi connectivity index (χ4n) is 0.491. The summed E-state index contributed by atoms with van der Waals surface area (Å²) in [5.74, 6) is 1.24. The maximum atomic E-state index is 3.36. The van der Waals surface area contributed by atoms with Gasteiger partial charge in [0, 0.05) is 16.7 Å². The minimum absolute atomic E-state index is 1.16. The van der Waals surface area contributed by atoms with Gasteiger partial charge in [0.1, 0.15) is 0 Å². The van der Waals surface area contributed by atoms with E-state index in [-0.39, 0.29) is 0 Å². The average Bonchev–Trinajstić information content (AvgIpc) is 1.89. The van der Waals surface area contributed by atoms with Gasteiger partial charge in [0.05, 0.1) is 0 Å². The molecule has 0 atom stereocenters. The van der Waals surface area contributed by atoms with Crippen LogP contribution in [0.15, 0.2) is 0 Å². The molecule has 0 radical (unpaired) electrons. The van der Waals surface area contributed by atoms with Gasteiger partial charge in [0.25, 0.3) is 0 Å². The van der Waals surface area contributed by atoms with E-state index in [0.717, 1.165) is 6.54 Å². The fraction of sp³-hybridized carbons (Fsp3) is 1.00. The lowest BCUT2D eigenvalue weighted by Crippen LogP contribution is -2.18. The van der Waals surface area contributed by atoms with Crippen molar-refractivity contribution in [2.75, 3.05) is 29.5 Å². The van der Waals surface area contributed by atoms with Gasteiger partial charge in [-0.1, -0.05) is 22.6 Å². The lowest BCUT2D eigenvalue weighted by molar-refractivity contribution is 0.715. The minimum Gasteiger partial charge on any atom is -0.316 e. The van der Waals surface area contributed by atoms with Crippen molar-refractivity contribution in [2.24, 2.45) is 0 Å². The topological polar surface area (TPSA) is 12.0 Å². The molecule has 0 rings (SSSR count). The highest BCUT2D eigenvalue weighted by atomic mass is 127. The van der Waals surface area contributed by atoms with Crippen LogP contribution >= 0.6 is 34.4 Å². The smallest absolute Gasteiger partial charge is 0.00553 e. The van der Waals surface area contributed by atoms with Crippen LogP contribution in [0.4, 0.5) is 0 Å². The Morgan fingerprint density at radius 3 is 2.78 bits per heavy atom. The molecule has 0 saturated heterocycles. The number of thioether (sulfide) groups is 1. The molecule has 0 aromatic rings. The summed E-state index contributed by atoms with van der Waals surface area (Å²) in [4.78, 5) is 0. The summed E-state index contributed by atoms with van der Waals surface area (Å²) in [5, 5.41) is 3.36. The van der Waals surface area contributed by atoms with Gasteiger partial charge in [-0.05, 0) is 19.2 Å². The first-order chi connectivity index (χ1) is 4.41. The van der Waals surface area contributed by atoms with Crippen molar-refractivity contribution in [3.8, 4) is 0 Å². The molecule has 0 bridgehead atoms. The Balaban J connectivity index is 2.60. The van der Waals surface area contributed by atoms with Gasteiger partial charge in [0.15, 0.2) is 0 Å². The Morgan fingerprint density at radius 1 is 1.44 bits per heavy atom. The van der Waals surface area contributed by atoms with Crippen molar-refractivity contribution in [1.29, 1.82) is 0 Å². The molecular formula is C6H14INS.